The van der Waals surface area contributed by atoms with E-state index in [-0.39, 0.29) is 0 Å². The zero-order valence-corrected chi connectivity index (χ0v) is 19.6. The van der Waals surface area contributed by atoms with Gasteiger partial charge in [-0.05, 0) is 27.7 Å². The molecule has 0 amide bonds. The lowest BCUT2D eigenvalue weighted by atomic mass is 9.88. The van der Waals surface area contributed by atoms with Crippen LogP contribution in [0, 0.1) is 6.92 Å². The third-order valence-electron chi connectivity index (χ3n) is 4.65. The lowest BCUT2D eigenvalue weighted by molar-refractivity contribution is -0.461. The van der Waals surface area contributed by atoms with E-state index in [1.807, 2.05) is 0 Å². The molecule has 0 aliphatic rings. The first-order valence-corrected chi connectivity index (χ1v) is 11.4. The first kappa shape index (κ1) is 35.9. The SMILES string of the molecule is [CH2]C(C(F)(F)C(F)(F)C(F)(F)C(F)(F)C(F)(F)C(F)(F)C(F)(F)C(F)(F)F)[Si](OCC)(OCC)OCC. The van der Waals surface area contributed by atoms with Crippen LogP contribution in [-0.2, 0) is 13.3 Å². The fraction of sp³-hybridized carbons (Fsp3) is 0.938. The van der Waals surface area contributed by atoms with Gasteiger partial charge in [0.25, 0.3) is 0 Å². The lowest BCUT2D eigenvalue weighted by Crippen LogP contribution is -2.75. The second-order valence-electron chi connectivity index (χ2n) is 7.02. The van der Waals surface area contributed by atoms with Crippen LogP contribution >= 0.6 is 0 Å². The Morgan fingerprint density at radius 2 is 0.730 bits per heavy atom. The normalized spacial score (nSPS) is 16.8. The summed E-state index contributed by atoms with van der Waals surface area (Å²) in [6, 6.07) is 0. The van der Waals surface area contributed by atoms with Crippen molar-refractivity contribution in [2.45, 2.75) is 73.9 Å². The highest BCUT2D eigenvalue weighted by Gasteiger charge is 2.95. The minimum atomic E-state index is -8.70. The molecule has 0 fully saturated rings. The molecule has 223 valence electrons. The number of hydrogen-bond donors (Lipinski definition) is 0. The minimum Gasteiger partial charge on any atom is -0.373 e. The van der Waals surface area contributed by atoms with Crippen molar-refractivity contribution in [3.8, 4) is 0 Å². The molecule has 0 rings (SSSR count). The van der Waals surface area contributed by atoms with E-state index < -0.39 is 81.8 Å². The highest BCUT2D eigenvalue weighted by molar-refractivity contribution is 6.63. The van der Waals surface area contributed by atoms with Crippen molar-refractivity contribution in [1.29, 1.82) is 0 Å². The van der Waals surface area contributed by atoms with Crippen LogP contribution in [0.4, 0.5) is 74.6 Å². The van der Waals surface area contributed by atoms with Crippen LogP contribution in [0.3, 0.4) is 0 Å². The Hall–Kier alpha value is -1.09. The van der Waals surface area contributed by atoms with E-state index in [1.54, 1.807) is 0 Å². The van der Waals surface area contributed by atoms with E-state index in [0.717, 1.165) is 20.8 Å². The highest BCUT2D eigenvalue weighted by Crippen LogP contribution is 2.65. The van der Waals surface area contributed by atoms with Gasteiger partial charge < -0.3 is 13.3 Å². The molecule has 0 aromatic carbocycles. The van der Waals surface area contributed by atoms with Crippen molar-refractivity contribution in [3.05, 3.63) is 6.92 Å². The Labute approximate surface area is 198 Å². The summed E-state index contributed by atoms with van der Waals surface area (Å²) in [7, 11) is -5.44. The quantitative estimate of drug-likeness (QED) is 0.154. The predicted molar refractivity (Wildman–Crippen MR) is 90.4 cm³/mol. The Balaban J connectivity index is 7.03. The zero-order chi connectivity index (χ0) is 30.3. The van der Waals surface area contributed by atoms with E-state index in [4.69, 9.17) is 0 Å². The van der Waals surface area contributed by atoms with E-state index >= 15 is 0 Å². The van der Waals surface area contributed by atoms with Crippen molar-refractivity contribution in [2.24, 2.45) is 0 Å². The smallest absolute Gasteiger partial charge is 0.373 e. The van der Waals surface area contributed by atoms with Gasteiger partial charge in [0.15, 0.2) is 0 Å². The molecule has 21 heteroatoms. The topological polar surface area (TPSA) is 27.7 Å². The second-order valence-corrected chi connectivity index (χ2v) is 9.79. The van der Waals surface area contributed by atoms with Gasteiger partial charge in [-0.25, -0.2) is 0 Å². The molecule has 0 aliphatic carbocycles. The van der Waals surface area contributed by atoms with Gasteiger partial charge in [-0.1, -0.05) is 0 Å². The van der Waals surface area contributed by atoms with Crippen LogP contribution in [0.2, 0.25) is 5.54 Å². The van der Waals surface area contributed by atoms with Gasteiger partial charge in [-0.15, -0.1) is 0 Å². The molecule has 3 nitrogen and oxygen atoms in total. The highest BCUT2D eigenvalue weighted by atomic mass is 28.4. The van der Waals surface area contributed by atoms with Crippen molar-refractivity contribution in [1.82, 2.24) is 0 Å². The lowest BCUT2D eigenvalue weighted by Gasteiger charge is -2.45. The third-order valence-corrected chi connectivity index (χ3v) is 7.94. The number of halogens is 17. The standard InChI is InChI=1S/C16H18F17O3Si/c1-5-34-37(35-6-2,36-7-3)8(4)9(17,18)10(19,20)11(21,22)12(23,24)13(25,26)14(27,28)15(29,30)16(31,32)33/h8H,4-7H2,1-3H3. The number of hydrogen-bond acceptors (Lipinski definition) is 3. The molecule has 1 atom stereocenters. The molecule has 37 heavy (non-hydrogen) atoms. The summed E-state index contributed by atoms with van der Waals surface area (Å²) >= 11 is 0. The molecule has 0 aliphatic heterocycles. The van der Waals surface area contributed by atoms with Crippen molar-refractivity contribution in [2.75, 3.05) is 19.8 Å². The van der Waals surface area contributed by atoms with E-state index in [9.17, 15) is 74.6 Å². The van der Waals surface area contributed by atoms with Gasteiger partial charge in [0.05, 0.1) is 5.54 Å². The van der Waals surface area contributed by atoms with Gasteiger partial charge in [0.1, 0.15) is 0 Å². The predicted octanol–water partition coefficient (Wildman–Crippen LogP) is 7.25. The fourth-order valence-electron chi connectivity index (χ4n) is 2.65. The van der Waals surface area contributed by atoms with E-state index in [2.05, 4.69) is 20.2 Å². The van der Waals surface area contributed by atoms with Crippen LogP contribution in [-0.4, -0.2) is 76.3 Å². The Morgan fingerprint density at radius 3 is 0.973 bits per heavy atom. The van der Waals surface area contributed by atoms with Crippen LogP contribution in [0.25, 0.3) is 0 Å². The first-order chi connectivity index (χ1) is 16.1. The molecule has 0 aromatic rings. The monoisotopic (exact) mass is 609 g/mol. The van der Waals surface area contributed by atoms with Crippen LogP contribution in [0.5, 0.6) is 0 Å². The molecule has 0 saturated heterocycles. The molecule has 1 radical (unpaired) electrons. The minimum absolute atomic E-state index is 0.761. The zero-order valence-electron chi connectivity index (χ0n) is 18.6. The fourth-order valence-corrected chi connectivity index (χ4v) is 5.33. The van der Waals surface area contributed by atoms with Gasteiger partial charge in [-0.2, -0.15) is 74.6 Å². The first-order valence-electron chi connectivity index (χ1n) is 9.55. The van der Waals surface area contributed by atoms with Crippen LogP contribution in [0.15, 0.2) is 0 Å². The van der Waals surface area contributed by atoms with Gasteiger partial charge in [0.2, 0.25) is 0 Å². The maximum absolute atomic E-state index is 14.6. The molecular weight excluding hydrogens is 591 g/mol. The van der Waals surface area contributed by atoms with Crippen molar-refractivity contribution >= 4 is 8.80 Å². The molecule has 0 N–H and O–H groups in total. The van der Waals surface area contributed by atoms with E-state index in [0.29, 0.717) is 0 Å². The summed E-state index contributed by atoms with van der Waals surface area (Å²) in [5.41, 5.74) is -3.78. The van der Waals surface area contributed by atoms with Crippen molar-refractivity contribution < 1.29 is 87.9 Å². The summed E-state index contributed by atoms with van der Waals surface area (Å²) < 4.78 is 243. The van der Waals surface area contributed by atoms with Crippen molar-refractivity contribution in [3.63, 3.8) is 0 Å². The number of rotatable bonds is 14. The Bertz CT molecular complexity index is 751. The molecule has 0 saturated carbocycles. The number of alkyl halides is 17. The summed E-state index contributed by atoms with van der Waals surface area (Å²) in [5.74, 6) is -57.3. The van der Waals surface area contributed by atoms with Crippen LogP contribution in [0.1, 0.15) is 20.8 Å². The summed E-state index contributed by atoms with van der Waals surface area (Å²) in [6.45, 7) is 3.02. The summed E-state index contributed by atoms with van der Waals surface area (Å²) in [6.07, 6.45) is -7.81. The Kier molecular flexibility index (Phi) is 10.2. The molecule has 1 unspecified atom stereocenters. The Morgan fingerprint density at radius 1 is 0.486 bits per heavy atom. The maximum Gasteiger partial charge on any atom is 0.510 e. The molecule has 0 aromatic heterocycles. The summed E-state index contributed by atoms with van der Waals surface area (Å²) in [5, 5.41) is 0. The van der Waals surface area contributed by atoms with Crippen LogP contribution < -0.4 is 0 Å². The second kappa shape index (κ2) is 10.5. The van der Waals surface area contributed by atoms with Gasteiger partial charge >= 0.3 is 56.4 Å². The average molecular weight is 609 g/mol. The molecular formula is C16H18F17O3Si. The molecule has 0 bridgehead atoms. The summed E-state index contributed by atoms with van der Waals surface area (Å²) in [4.78, 5) is 0. The largest absolute Gasteiger partial charge is 0.510 e. The van der Waals surface area contributed by atoms with Gasteiger partial charge in [-0.3, -0.25) is 0 Å². The molecule has 0 heterocycles. The molecule has 0 spiro atoms. The van der Waals surface area contributed by atoms with Gasteiger partial charge in [0, 0.05) is 19.8 Å². The maximum atomic E-state index is 14.6. The average Bonchev–Trinajstić information content (AvgIpc) is 2.71. The van der Waals surface area contributed by atoms with E-state index in [1.165, 1.54) is 0 Å². The third kappa shape index (κ3) is 5.12.